The van der Waals surface area contributed by atoms with E-state index in [1.807, 2.05) is 81.4 Å². The first kappa shape index (κ1) is 17.4. The van der Waals surface area contributed by atoms with Gasteiger partial charge in [0, 0.05) is 17.0 Å². The van der Waals surface area contributed by atoms with E-state index in [-0.39, 0.29) is 17.5 Å². The van der Waals surface area contributed by atoms with Crippen molar-refractivity contribution >= 4 is 11.6 Å². The zero-order chi connectivity index (χ0) is 19.2. The molecule has 4 rings (SSSR count). The maximum atomic E-state index is 13.5. The number of aryl methyl sites for hydroxylation is 2. The molecule has 0 unspecified atom stereocenters. The highest BCUT2D eigenvalue weighted by molar-refractivity contribution is 6.30. The summed E-state index contributed by atoms with van der Waals surface area (Å²) in [5, 5.41) is 0. The number of hydrogen-bond donors (Lipinski definition) is 0. The Bertz CT molecular complexity index is 981. The van der Waals surface area contributed by atoms with Gasteiger partial charge in [-0.3, -0.25) is 9.59 Å². The first-order valence-electron chi connectivity index (χ1n) is 9.26. The number of ketones is 2. The molecule has 134 valence electrons. The Morgan fingerprint density at radius 1 is 0.630 bits per heavy atom. The Hall–Kier alpha value is -3.00. The zero-order valence-electron chi connectivity index (χ0n) is 15.8. The quantitative estimate of drug-likeness (QED) is 0.580. The maximum absolute atomic E-state index is 13.5. The molecule has 0 amide bonds. The van der Waals surface area contributed by atoms with Crippen LogP contribution in [0.4, 0.5) is 0 Å². The predicted molar refractivity (Wildman–Crippen MR) is 107 cm³/mol. The van der Waals surface area contributed by atoms with E-state index in [4.69, 9.17) is 0 Å². The van der Waals surface area contributed by atoms with Crippen LogP contribution < -0.4 is 0 Å². The van der Waals surface area contributed by atoms with Crippen LogP contribution in [0.2, 0.25) is 0 Å². The van der Waals surface area contributed by atoms with Gasteiger partial charge in [-0.1, -0.05) is 72.8 Å². The SMILES string of the molecule is Cc1ccccc1C(c1ccccc1C)C1(C)C(=O)c2ccccc2C1=O. The highest BCUT2D eigenvalue weighted by atomic mass is 16.2. The largest absolute Gasteiger partial charge is 0.293 e. The van der Waals surface area contributed by atoms with E-state index in [2.05, 4.69) is 0 Å². The van der Waals surface area contributed by atoms with E-state index in [9.17, 15) is 9.59 Å². The van der Waals surface area contributed by atoms with E-state index in [1.54, 1.807) is 12.1 Å². The minimum atomic E-state index is -1.15. The van der Waals surface area contributed by atoms with Gasteiger partial charge >= 0.3 is 0 Å². The number of carbonyl (C=O) groups is 2. The Morgan fingerprint density at radius 2 is 1.00 bits per heavy atom. The molecule has 0 radical (unpaired) electrons. The number of fused-ring (bicyclic) bond motifs is 1. The Labute approximate surface area is 159 Å². The summed E-state index contributed by atoms with van der Waals surface area (Å²) in [6.45, 7) is 5.91. The van der Waals surface area contributed by atoms with E-state index >= 15 is 0 Å². The lowest BCUT2D eigenvalue weighted by Crippen LogP contribution is -2.38. The van der Waals surface area contributed by atoms with Crippen molar-refractivity contribution in [3.05, 3.63) is 106 Å². The van der Waals surface area contributed by atoms with Crippen molar-refractivity contribution in [3.8, 4) is 0 Å². The molecule has 0 aromatic heterocycles. The van der Waals surface area contributed by atoms with Crippen LogP contribution in [-0.2, 0) is 0 Å². The second kappa shape index (κ2) is 6.31. The van der Waals surface area contributed by atoms with Gasteiger partial charge < -0.3 is 0 Å². The summed E-state index contributed by atoms with van der Waals surface area (Å²) < 4.78 is 0. The van der Waals surface area contributed by atoms with Crippen LogP contribution in [0.5, 0.6) is 0 Å². The van der Waals surface area contributed by atoms with Gasteiger partial charge in [-0.15, -0.1) is 0 Å². The molecular weight excluding hydrogens is 332 g/mol. The summed E-state index contributed by atoms with van der Waals surface area (Å²) in [5.41, 5.74) is 4.16. The molecule has 0 atom stereocenters. The topological polar surface area (TPSA) is 34.1 Å². The van der Waals surface area contributed by atoms with Crippen LogP contribution in [0.3, 0.4) is 0 Å². The third kappa shape index (κ3) is 2.48. The van der Waals surface area contributed by atoms with Crippen LogP contribution in [-0.4, -0.2) is 11.6 Å². The van der Waals surface area contributed by atoms with Crippen molar-refractivity contribution in [1.29, 1.82) is 0 Å². The van der Waals surface area contributed by atoms with Crippen LogP contribution >= 0.6 is 0 Å². The molecule has 0 saturated heterocycles. The number of hydrogen-bond acceptors (Lipinski definition) is 2. The summed E-state index contributed by atoms with van der Waals surface area (Å²) in [6, 6.07) is 23.3. The standard InChI is InChI=1S/C25H22O2/c1-16-10-4-6-12-18(16)22(19-13-7-5-11-17(19)2)25(3)23(26)20-14-8-9-15-21(20)24(25)27/h4-15,22H,1-3H3. The van der Waals surface area contributed by atoms with E-state index < -0.39 is 5.41 Å². The van der Waals surface area contributed by atoms with E-state index in [0.717, 1.165) is 22.3 Å². The monoisotopic (exact) mass is 354 g/mol. The molecule has 3 aromatic rings. The molecule has 0 fully saturated rings. The second-order valence-electron chi connectivity index (χ2n) is 7.55. The lowest BCUT2D eigenvalue weighted by atomic mass is 9.65. The van der Waals surface area contributed by atoms with Gasteiger partial charge in [0.1, 0.15) is 5.41 Å². The lowest BCUT2D eigenvalue weighted by Gasteiger charge is -2.34. The molecule has 1 aliphatic rings. The van der Waals surface area contributed by atoms with Crippen LogP contribution in [0.25, 0.3) is 0 Å². The smallest absolute Gasteiger partial charge is 0.178 e. The maximum Gasteiger partial charge on any atom is 0.178 e. The first-order chi connectivity index (χ1) is 13.0. The Morgan fingerprint density at radius 3 is 1.41 bits per heavy atom. The van der Waals surface area contributed by atoms with Gasteiger partial charge in [0.2, 0.25) is 0 Å². The summed E-state index contributed by atoms with van der Waals surface area (Å²) >= 11 is 0. The number of benzene rings is 3. The van der Waals surface area contributed by atoms with E-state index in [0.29, 0.717) is 11.1 Å². The molecule has 0 aliphatic heterocycles. The molecule has 3 aromatic carbocycles. The third-order valence-corrected chi connectivity index (χ3v) is 5.94. The second-order valence-corrected chi connectivity index (χ2v) is 7.55. The molecule has 0 bridgehead atoms. The molecular formula is C25H22O2. The lowest BCUT2D eigenvalue weighted by molar-refractivity contribution is 0.0697. The molecule has 2 heteroatoms. The van der Waals surface area contributed by atoms with Gasteiger partial charge in [-0.2, -0.15) is 0 Å². The average Bonchev–Trinajstić information content (AvgIpc) is 2.87. The Balaban J connectivity index is 2.01. The summed E-state index contributed by atoms with van der Waals surface area (Å²) in [4.78, 5) is 27.0. The Kier molecular flexibility index (Phi) is 4.07. The number of rotatable bonds is 3. The van der Waals surface area contributed by atoms with Crippen LogP contribution in [0, 0.1) is 19.3 Å². The molecule has 0 heterocycles. The van der Waals surface area contributed by atoms with Crippen molar-refractivity contribution in [2.45, 2.75) is 26.7 Å². The van der Waals surface area contributed by atoms with Gasteiger partial charge in [0.05, 0.1) is 0 Å². The van der Waals surface area contributed by atoms with Gasteiger partial charge in [0.15, 0.2) is 11.6 Å². The first-order valence-corrected chi connectivity index (χ1v) is 9.26. The fourth-order valence-electron chi connectivity index (χ4n) is 4.41. The van der Waals surface area contributed by atoms with E-state index in [1.165, 1.54) is 0 Å². The minimum absolute atomic E-state index is 0.0837. The molecule has 0 N–H and O–H groups in total. The van der Waals surface area contributed by atoms with Gasteiger partial charge in [-0.25, -0.2) is 0 Å². The number of Topliss-reactive ketones (excluding diaryl/α,β-unsaturated/α-hetero) is 2. The van der Waals surface area contributed by atoms with Gasteiger partial charge in [0.25, 0.3) is 0 Å². The fourth-order valence-corrected chi connectivity index (χ4v) is 4.41. The molecule has 27 heavy (non-hydrogen) atoms. The molecule has 0 saturated carbocycles. The summed E-state index contributed by atoms with van der Waals surface area (Å²) in [7, 11) is 0. The number of carbonyl (C=O) groups excluding carboxylic acids is 2. The average molecular weight is 354 g/mol. The molecule has 2 nitrogen and oxygen atoms in total. The van der Waals surface area contributed by atoms with Gasteiger partial charge in [-0.05, 0) is 43.0 Å². The predicted octanol–water partition coefficient (Wildman–Crippen LogP) is 5.52. The van der Waals surface area contributed by atoms with Crippen molar-refractivity contribution in [2.24, 2.45) is 5.41 Å². The van der Waals surface area contributed by atoms with Crippen LogP contribution in [0.15, 0.2) is 72.8 Å². The van der Waals surface area contributed by atoms with Crippen molar-refractivity contribution in [3.63, 3.8) is 0 Å². The summed E-state index contributed by atoms with van der Waals surface area (Å²) in [6.07, 6.45) is 0. The third-order valence-electron chi connectivity index (χ3n) is 5.94. The fraction of sp³-hybridized carbons (Fsp3) is 0.200. The molecule has 0 spiro atoms. The van der Waals surface area contributed by atoms with Crippen molar-refractivity contribution < 1.29 is 9.59 Å². The normalized spacial score (nSPS) is 15.3. The van der Waals surface area contributed by atoms with Crippen LogP contribution in [0.1, 0.15) is 55.8 Å². The van der Waals surface area contributed by atoms with Crippen molar-refractivity contribution in [1.82, 2.24) is 0 Å². The molecule has 1 aliphatic carbocycles. The van der Waals surface area contributed by atoms with Crippen molar-refractivity contribution in [2.75, 3.05) is 0 Å². The minimum Gasteiger partial charge on any atom is -0.293 e. The highest BCUT2D eigenvalue weighted by Gasteiger charge is 2.55. The summed E-state index contributed by atoms with van der Waals surface area (Å²) in [5.74, 6) is -0.494. The highest BCUT2D eigenvalue weighted by Crippen LogP contribution is 2.50. The zero-order valence-corrected chi connectivity index (χ0v) is 15.8.